The molecule has 98 valence electrons. The molecule has 0 aromatic heterocycles. The Morgan fingerprint density at radius 2 is 1.95 bits per heavy atom. The summed E-state index contributed by atoms with van der Waals surface area (Å²) in [6.07, 6.45) is 0. The number of urea groups is 1. The van der Waals surface area contributed by atoms with E-state index in [9.17, 15) is 9.59 Å². The first kappa shape index (κ1) is 12.2. The molecule has 3 amide bonds. The molecule has 1 aromatic rings. The third-order valence-corrected chi connectivity index (χ3v) is 3.86. The molecule has 0 radical (unpaired) electrons. The van der Waals surface area contributed by atoms with Gasteiger partial charge in [0.25, 0.3) is 5.91 Å². The quantitative estimate of drug-likeness (QED) is 0.824. The minimum atomic E-state index is -0.380. The molecule has 1 aromatic carbocycles. The van der Waals surface area contributed by atoms with Crippen LogP contribution in [0, 0.1) is 0 Å². The van der Waals surface area contributed by atoms with Gasteiger partial charge < -0.3 is 15.5 Å². The zero-order valence-corrected chi connectivity index (χ0v) is 11.8. The predicted octanol–water partition coefficient (Wildman–Crippen LogP) is 1.53. The summed E-state index contributed by atoms with van der Waals surface area (Å²) in [6, 6.07) is 6.94. The van der Waals surface area contributed by atoms with Crippen molar-refractivity contribution in [2.75, 3.05) is 13.6 Å². The average Bonchev–Trinajstić information content (AvgIpc) is 2.65. The van der Waals surface area contributed by atoms with Crippen LogP contribution in [-0.2, 0) is 4.79 Å². The number of carbonyl (C=O) groups is 2. The van der Waals surface area contributed by atoms with Gasteiger partial charge >= 0.3 is 6.03 Å². The monoisotopic (exact) mass is 321 g/mol. The lowest BCUT2D eigenvalue weighted by atomic mass is 9.96. The van der Waals surface area contributed by atoms with Crippen LogP contribution < -0.4 is 10.6 Å². The van der Waals surface area contributed by atoms with Gasteiger partial charge in [-0.25, -0.2) is 4.79 Å². The Hall–Kier alpha value is -1.82. The normalized spacial score (nSPS) is 22.2. The van der Waals surface area contributed by atoms with Gasteiger partial charge in [-0.2, -0.15) is 0 Å². The van der Waals surface area contributed by atoms with Crippen LogP contribution in [0.25, 0.3) is 0 Å². The molecule has 0 saturated heterocycles. The van der Waals surface area contributed by atoms with Crippen molar-refractivity contribution >= 4 is 27.9 Å². The largest absolute Gasteiger partial charge is 0.336 e. The summed E-state index contributed by atoms with van der Waals surface area (Å²) in [6.45, 7) is 0.453. The van der Waals surface area contributed by atoms with E-state index in [0.717, 1.165) is 10.0 Å². The number of amides is 3. The highest BCUT2D eigenvalue weighted by Crippen LogP contribution is 2.32. The van der Waals surface area contributed by atoms with Crippen LogP contribution >= 0.6 is 15.9 Å². The van der Waals surface area contributed by atoms with Crippen molar-refractivity contribution in [1.29, 1.82) is 0 Å². The number of nitrogens with one attached hydrogen (secondary N) is 2. The second-order valence-electron chi connectivity index (χ2n) is 4.64. The van der Waals surface area contributed by atoms with Gasteiger partial charge in [-0.1, -0.05) is 28.1 Å². The summed E-state index contributed by atoms with van der Waals surface area (Å²) >= 11 is 3.37. The fourth-order valence-corrected chi connectivity index (χ4v) is 2.68. The number of nitrogens with zero attached hydrogens (tertiary/aromatic N) is 1. The maximum Gasteiger partial charge on any atom is 0.319 e. The molecular formula is C13H12BrN3O2. The minimum absolute atomic E-state index is 0.0459. The molecule has 0 bridgehead atoms. The van der Waals surface area contributed by atoms with Gasteiger partial charge in [0.15, 0.2) is 0 Å². The van der Waals surface area contributed by atoms with Crippen LogP contribution in [0.4, 0.5) is 4.79 Å². The van der Waals surface area contributed by atoms with Crippen LogP contribution in [0.5, 0.6) is 0 Å². The third kappa shape index (κ3) is 2.02. The van der Waals surface area contributed by atoms with E-state index in [2.05, 4.69) is 26.6 Å². The van der Waals surface area contributed by atoms with E-state index in [-0.39, 0.29) is 18.0 Å². The molecule has 2 aliphatic heterocycles. The smallest absolute Gasteiger partial charge is 0.319 e. The van der Waals surface area contributed by atoms with Crippen molar-refractivity contribution in [3.05, 3.63) is 45.6 Å². The summed E-state index contributed by atoms with van der Waals surface area (Å²) in [4.78, 5) is 25.4. The highest BCUT2D eigenvalue weighted by atomic mass is 79.9. The van der Waals surface area contributed by atoms with Gasteiger partial charge in [-0.15, -0.1) is 0 Å². The van der Waals surface area contributed by atoms with Crippen LogP contribution in [0.15, 0.2) is 40.0 Å². The minimum Gasteiger partial charge on any atom is -0.336 e. The summed E-state index contributed by atoms with van der Waals surface area (Å²) in [5.74, 6) is -0.0459. The zero-order chi connectivity index (χ0) is 13.6. The first-order valence-corrected chi connectivity index (χ1v) is 6.67. The topological polar surface area (TPSA) is 61.4 Å². The summed E-state index contributed by atoms with van der Waals surface area (Å²) in [5.41, 5.74) is 2.22. The Kier molecular flexibility index (Phi) is 2.82. The van der Waals surface area contributed by atoms with Gasteiger partial charge in [0.05, 0.1) is 23.9 Å². The molecule has 2 aliphatic rings. The number of benzene rings is 1. The van der Waals surface area contributed by atoms with Crippen molar-refractivity contribution in [3.8, 4) is 0 Å². The molecule has 2 heterocycles. The van der Waals surface area contributed by atoms with E-state index in [1.807, 2.05) is 24.3 Å². The maximum atomic E-state index is 12.2. The SMILES string of the molecule is CN1CC2=C(C1=O)C(c1ccc(Br)cc1)NC(=O)N2. The van der Waals surface area contributed by atoms with Crippen LogP contribution in [0.1, 0.15) is 11.6 Å². The highest BCUT2D eigenvalue weighted by molar-refractivity contribution is 9.10. The van der Waals surface area contributed by atoms with Gasteiger partial charge in [-0.3, -0.25) is 4.79 Å². The van der Waals surface area contributed by atoms with Crippen molar-refractivity contribution in [2.45, 2.75) is 6.04 Å². The number of rotatable bonds is 1. The molecule has 6 heteroatoms. The van der Waals surface area contributed by atoms with Crippen molar-refractivity contribution < 1.29 is 9.59 Å². The molecule has 2 N–H and O–H groups in total. The Morgan fingerprint density at radius 3 is 2.63 bits per heavy atom. The number of halogens is 1. The zero-order valence-electron chi connectivity index (χ0n) is 10.2. The molecule has 1 atom stereocenters. The second kappa shape index (κ2) is 4.38. The Labute approximate surface area is 118 Å². The first-order chi connectivity index (χ1) is 9.06. The fraction of sp³-hybridized carbons (Fsp3) is 0.231. The van der Waals surface area contributed by atoms with E-state index in [4.69, 9.17) is 0 Å². The molecule has 0 spiro atoms. The van der Waals surface area contributed by atoms with E-state index in [1.54, 1.807) is 11.9 Å². The molecule has 0 saturated carbocycles. The van der Waals surface area contributed by atoms with E-state index >= 15 is 0 Å². The van der Waals surface area contributed by atoms with E-state index < -0.39 is 0 Å². The molecule has 0 fully saturated rings. The number of hydrogen-bond donors (Lipinski definition) is 2. The highest BCUT2D eigenvalue weighted by Gasteiger charge is 2.38. The third-order valence-electron chi connectivity index (χ3n) is 3.33. The Bertz CT molecular complexity index is 594. The number of hydrogen-bond acceptors (Lipinski definition) is 2. The fourth-order valence-electron chi connectivity index (χ4n) is 2.42. The average molecular weight is 322 g/mol. The van der Waals surface area contributed by atoms with E-state index in [1.165, 1.54) is 0 Å². The number of likely N-dealkylation sites (N-methyl/N-ethyl adjacent to an activating group) is 1. The van der Waals surface area contributed by atoms with Crippen LogP contribution in [0.2, 0.25) is 0 Å². The lowest BCUT2D eigenvalue weighted by Gasteiger charge is -2.25. The lowest BCUT2D eigenvalue weighted by Crippen LogP contribution is -2.44. The lowest BCUT2D eigenvalue weighted by molar-refractivity contribution is -0.124. The standard InChI is InChI=1S/C13H12BrN3O2/c1-17-6-9-10(12(17)18)11(16-13(19)15-9)7-2-4-8(14)5-3-7/h2-5,11H,6H2,1H3,(H2,15,16,19). The maximum absolute atomic E-state index is 12.2. The van der Waals surface area contributed by atoms with Crippen molar-refractivity contribution in [3.63, 3.8) is 0 Å². The molecule has 1 unspecified atom stereocenters. The summed E-state index contributed by atoms with van der Waals surface area (Å²) < 4.78 is 0.959. The Morgan fingerprint density at radius 1 is 1.26 bits per heavy atom. The molecular weight excluding hydrogens is 310 g/mol. The van der Waals surface area contributed by atoms with Crippen LogP contribution in [0.3, 0.4) is 0 Å². The van der Waals surface area contributed by atoms with Gasteiger partial charge in [0, 0.05) is 11.5 Å². The van der Waals surface area contributed by atoms with Crippen molar-refractivity contribution in [2.24, 2.45) is 0 Å². The van der Waals surface area contributed by atoms with E-state index in [0.29, 0.717) is 17.8 Å². The van der Waals surface area contributed by atoms with Gasteiger partial charge in [0.1, 0.15) is 0 Å². The Balaban J connectivity index is 2.04. The van der Waals surface area contributed by atoms with Crippen molar-refractivity contribution in [1.82, 2.24) is 15.5 Å². The second-order valence-corrected chi connectivity index (χ2v) is 5.55. The molecule has 5 nitrogen and oxygen atoms in total. The predicted molar refractivity (Wildman–Crippen MR) is 73.2 cm³/mol. The number of carbonyl (C=O) groups excluding carboxylic acids is 2. The summed E-state index contributed by atoms with van der Waals surface area (Å²) in [5, 5.41) is 5.51. The summed E-state index contributed by atoms with van der Waals surface area (Å²) in [7, 11) is 1.73. The van der Waals surface area contributed by atoms with Crippen LogP contribution in [-0.4, -0.2) is 30.4 Å². The van der Waals surface area contributed by atoms with Gasteiger partial charge in [0.2, 0.25) is 0 Å². The van der Waals surface area contributed by atoms with Gasteiger partial charge in [-0.05, 0) is 17.7 Å². The molecule has 0 aliphatic carbocycles. The molecule has 19 heavy (non-hydrogen) atoms. The molecule has 3 rings (SSSR count). The first-order valence-electron chi connectivity index (χ1n) is 5.88.